The molecule has 0 amide bonds. The second kappa shape index (κ2) is 7.11. The maximum atomic E-state index is 10.4. The van der Waals surface area contributed by atoms with Crippen LogP contribution in [0.5, 0.6) is 0 Å². The summed E-state index contributed by atoms with van der Waals surface area (Å²) in [7, 11) is 0. The van der Waals surface area contributed by atoms with Crippen molar-refractivity contribution in [2.75, 3.05) is 13.1 Å². The van der Waals surface area contributed by atoms with Gasteiger partial charge in [-0.15, -0.1) is 0 Å². The molecule has 0 rings (SSSR count). The van der Waals surface area contributed by atoms with Gasteiger partial charge in [0.1, 0.15) is 13.1 Å². The third kappa shape index (κ3) is 3.92. The van der Waals surface area contributed by atoms with Crippen molar-refractivity contribution in [2.45, 2.75) is 13.8 Å². The normalized spacial score (nSPS) is 10.4. The molecule has 0 aromatic carbocycles. The number of rotatable bonds is 3. The molecule has 5 nitrogen and oxygen atoms in total. The van der Waals surface area contributed by atoms with Gasteiger partial charge in [-0.3, -0.25) is 0 Å². The van der Waals surface area contributed by atoms with Crippen molar-refractivity contribution in [3.05, 3.63) is 10.4 Å². The molecular weight excluding hydrogens is 145 g/mol. The van der Waals surface area contributed by atoms with E-state index in [0.717, 1.165) is 0 Å². The Bertz CT molecular complexity index is 105. The van der Waals surface area contributed by atoms with E-state index >= 15 is 0 Å². The van der Waals surface area contributed by atoms with Crippen molar-refractivity contribution in [2.24, 2.45) is 0 Å². The summed E-state index contributed by atoms with van der Waals surface area (Å²) >= 11 is 0. The molecule has 0 fully saturated rings. The minimum absolute atomic E-state index is 0. The van der Waals surface area contributed by atoms with Gasteiger partial charge in [0.05, 0.1) is 0 Å². The quantitative estimate of drug-likeness (QED) is 0.195. The topological polar surface area (TPSA) is 66.3 Å². The fraction of sp³-hybridized carbons (Fsp3) is 1.00. The number of hydrogen-bond donors (Lipinski definition) is 1. The fourth-order valence-electron chi connectivity index (χ4n) is 0.538. The van der Waals surface area contributed by atoms with Gasteiger partial charge in [-0.05, 0) is 24.1 Å². The third-order valence-corrected chi connectivity index (χ3v) is 1.07. The van der Waals surface area contributed by atoms with Crippen molar-refractivity contribution < 1.29 is 39.8 Å². The SMILES string of the molecule is CCN(CC)/[N+]([O-])=[NH+]/[O-].[Na+]. The predicted molar refractivity (Wildman–Crippen MR) is 30.9 cm³/mol. The molecule has 0 aliphatic carbocycles. The van der Waals surface area contributed by atoms with Gasteiger partial charge < -0.3 is 10.4 Å². The second-order valence-electron chi connectivity index (χ2n) is 1.50. The van der Waals surface area contributed by atoms with E-state index in [0.29, 0.717) is 13.1 Å². The zero-order valence-corrected chi connectivity index (χ0v) is 8.63. The van der Waals surface area contributed by atoms with Gasteiger partial charge in [-0.1, -0.05) is 0 Å². The van der Waals surface area contributed by atoms with Gasteiger partial charge in [0.15, 0.2) is 4.97 Å². The molecule has 0 saturated carbocycles. The third-order valence-electron chi connectivity index (χ3n) is 1.07. The first-order chi connectivity index (χ1) is 4.26. The molecule has 0 heterocycles. The largest absolute Gasteiger partial charge is 1.00 e. The summed E-state index contributed by atoms with van der Waals surface area (Å²) in [5.74, 6) is 0. The number of nitrogens with zero attached hydrogens (tertiary/aromatic N) is 2. The molecule has 0 unspecified atom stereocenters. The molecule has 54 valence electrons. The van der Waals surface area contributed by atoms with Gasteiger partial charge in [-0.2, -0.15) is 0 Å². The molecule has 0 atom stereocenters. The zero-order valence-electron chi connectivity index (χ0n) is 6.63. The molecule has 1 N–H and O–H groups in total. The molecule has 10 heavy (non-hydrogen) atoms. The van der Waals surface area contributed by atoms with Crippen LogP contribution in [0.25, 0.3) is 0 Å². The van der Waals surface area contributed by atoms with Crippen LogP contribution >= 0.6 is 0 Å². The Morgan fingerprint density at radius 3 is 1.90 bits per heavy atom. The van der Waals surface area contributed by atoms with Crippen LogP contribution in [0.2, 0.25) is 0 Å². The van der Waals surface area contributed by atoms with Crippen LogP contribution in [0, 0.1) is 10.4 Å². The molecular formula is C4H11N3NaO2+. The summed E-state index contributed by atoms with van der Waals surface area (Å²) in [6, 6.07) is 0. The summed E-state index contributed by atoms with van der Waals surface area (Å²) in [6.45, 7) is 4.67. The molecule has 0 bridgehead atoms. The molecule has 0 aromatic heterocycles. The summed E-state index contributed by atoms with van der Waals surface area (Å²) < 4.78 is 0. The second-order valence-corrected chi connectivity index (χ2v) is 1.50. The predicted octanol–water partition coefficient (Wildman–Crippen LogP) is -4.21. The first kappa shape index (κ1) is 12.7. The summed E-state index contributed by atoms with van der Waals surface area (Å²) in [6.07, 6.45) is 0. The van der Waals surface area contributed by atoms with Crippen molar-refractivity contribution >= 4 is 0 Å². The van der Waals surface area contributed by atoms with Crippen molar-refractivity contribution in [3.63, 3.8) is 0 Å². The zero-order chi connectivity index (χ0) is 7.28. The molecule has 6 heteroatoms. The Morgan fingerprint density at radius 2 is 1.80 bits per heavy atom. The molecule has 0 aromatic rings. The molecule has 0 aliphatic rings. The van der Waals surface area contributed by atoms with Crippen LogP contribution in [0.3, 0.4) is 0 Å². The Kier molecular flexibility index (Phi) is 9.00. The number of hydrogen-bond acceptors (Lipinski definition) is 2. The van der Waals surface area contributed by atoms with Crippen LogP contribution in [-0.4, -0.2) is 23.1 Å². The van der Waals surface area contributed by atoms with E-state index in [9.17, 15) is 10.4 Å². The first-order valence-corrected chi connectivity index (χ1v) is 2.86. The van der Waals surface area contributed by atoms with Crippen molar-refractivity contribution in [1.29, 1.82) is 0 Å². The number of nitrogens with one attached hydrogen (secondary N) is 1. The molecule has 0 spiro atoms. The Morgan fingerprint density at radius 1 is 1.40 bits per heavy atom. The van der Waals surface area contributed by atoms with E-state index in [2.05, 4.69) is 0 Å². The van der Waals surface area contributed by atoms with Gasteiger partial charge in [0.25, 0.3) is 0 Å². The maximum Gasteiger partial charge on any atom is 1.00 e. The molecule has 0 aliphatic heterocycles. The Hall–Kier alpha value is 0. The average molecular weight is 156 g/mol. The van der Waals surface area contributed by atoms with Crippen LogP contribution in [0.1, 0.15) is 13.8 Å². The smallest absolute Gasteiger partial charge is 0.665 e. The summed E-state index contributed by atoms with van der Waals surface area (Å²) in [4.78, 5) is 0.181. The van der Waals surface area contributed by atoms with E-state index in [1.54, 1.807) is 13.8 Å². The Balaban J connectivity index is 0. The number of hydrazine groups is 1. The van der Waals surface area contributed by atoms with Crippen molar-refractivity contribution in [3.8, 4) is 0 Å². The van der Waals surface area contributed by atoms with Gasteiger partial charge in [-0.25, -0.2) is 0 Å². The van der Waals surface area contributed by atoms with E-state index in [1.807, 2.05) is 0 Å². The first-order valence-electron chi connectivity index (χ1n) is 2.86. The van der Waals surface area contributed by atoms with E-state index < -0.39 is 0 Å². The van der Waals surface area contributed by atoms with E-state index in [4.69, 9.17) is 0 Å². The summed E-state index contributed by atoms with van der Waals surface area (Å²) in [5.41, 5.74) is 0. The average Bonchev–Trinajstić information content (AvgIpc) is 1.90. The van der Waals surface area contributed by atoms with E-state index in [1.165, 1.54) is 10.3 Å². The van der Waals surface area contributed by atoms with Crippen LogP contribution in [0.4, 0.5) is 0 Å². The minimum Gasteiger partial charge on any atom is -0.665 e. The fourth-order valence-corrected chi connectivity index (χ4v) is 0.538. The van der Waals surface area contributed by atoms with E-state index in [-0.39, 0.29) is 34.5 Å². The van der Waals surface area contributed by atoms with Gasteiger partial charge in [0, 0.05) is 0 Å². The monoisotopic (exact) mass is 156 g/mol. The molecule has 0 radical (unpaired) electrons. The van der Waals surface area contributed by atoms with Crippen LogP contribution < -0.4 is 34.8 Å². The van der Waals surface area contributed by atoms with Crippen LogP contribution in [0.15, 0.2) is 0 Å². The van der Waals surface area contributed by atoms with Crippen molar-refractivity contribution in [1.82, 2.24) is 5.01 Å². The minimum atomic E-state index is 0. The maximum absolute atomic E-state index is 10.4. The Labute approximate surface area is 82.1 Å². The summed E-state index contributed by atoms with van der Waals surface area (Å²) in [5, 5.41) is 22.7. The standard InChI is InChI=1S/C4H11N3O2.Na/c1-3-6(4-2)7(9)5-8;/h5H,3-4H2,1-2H3;/q;+1/b7-5-;. The van der Waals surface area contributed by atoms with Gasteiger partial charge >= 0.3 is 29.6 Å². The van der Waals surface area contributed by atoms with Crippen LogP contribution in [-0.2, 0) is 0 Å². The molecule has 0 saturated heterocycles. The van der Waals surface area contributed by atoms with Gasteiger partial charge in [0.2, 0.25) is 0 Å².